The first-order valence-corrected chi connectivity index (χ1v) is 8.01. The maximum Gasteiger partial charge on any atom is 0.530 e. The molecule has 0 amide bonds. The van der Waals surface area contributed by atoms with E-state index < -0.39 is 7.82 Å². The Labute approximate surface area is 114 Å². The van der Waals surface area contributed by atoms with Crippen LogP contribution in [0.1, 0.15) is 31.4 Å². The first-order valence-electron chi connectivity index (χ1n) is 6.55. The monoisotopic (exact) mass is 282 g/mol. The van der Waals surface area contributed by atoms with Gasteiger partial charge in [0, 0.05) is 5.56 Å². The van der Waals surface area contributed by atoms with Gasteiger partial charge in [-0.15, -0.1) is 0 Å². The van der Waals surface area contributed by atoms with Gasteiger partial charge in [-0.1, -0.05) is 24.3 Å². The van der Waals surface area contributed by atoms with Gasteiger partial charge in [0.2, 0.25) is 0 Å². The van der Waals surface area contributed by atoms with Crippen LogP contribution in [0.15, 0.2) is 30.3 Å². The van der Waals surface area contributed by atoms with E-state index in [1.807, 2.05) is 24.3 Å². The molecule has 0 fully saturated rings. The van der Waals surface area contributed by atoms with Crippen molar-refractivity contribution in [3.63, 3.8) is 0 Å². The third-order valence-electron chi connectivity index (χ3n) is 2.81. The van der Waals surface area contributed by atoms with Crippen LogP contribution in [0.3, 0.4) is 0 Å². The van der Waals surface area contributed by atoms with Gasteiger partial charge in [0.25, 0.3) is 0 Å². The summed E-state index contributed by atoms with van der Waals surface area (Å²) in [5, 5.41) is 0. The summed E-state index contributed by atoms with van der Waals surface area (Å²) in [6.07, 6.45) is 3.77. The summed E-state index contributed by atoms with van der Waals surface area (Å²) in [6.45, 7) is 4.09. The summed E-state index contributed by atoms with van der Waals surface area (Å²) in [4.78, 5) is 0. The second kappa shape index (κ2) is 6.38. The lowest BCUT2D eigenvalue weighted by Crippen LogP contribution is -2.05. The molecule has 1 aliphatic rings. The van der Waals surface area contributed by atoms with E-state index in [-0.39, 0.29) is 13.2 Å². The van der Waals surface area contributed by atoms with Gasteiger partial charge in [-0.2, -0.15) is 0 Å². The average molecular weight is 282 g/mol. The molecular formula is C14H19O4P. The van der Waals surface area contributed by atoms with Crippen molar-refractivity contribution in [3.05, 3.63) is 41.5 Å². The zero-order chi connectivity index (χ0) is 13.7. The van der Waals surface area contributed by atoms with Crippen LogP contribution in [0.5, 0.6) is 0 Å². The van der Waals surface area contributed by atoms with Crippen LogP contribution in [0.2, 0.25) is 0 Å². The minimum atomic E-state index is -3.51. The van der Waals surface area contributed by atoms with Gasteiger partial charge in [-0.05, 0) is 38.3 Å². The Bertz CT molecular complexity index is 500. The molecule has 2 rings (SSSR count). The quantitative estimate of drug-likeness (QED) is 0.734. The zero-order valence-corrected chi connectivity index (χ0v) is 12.2. The van der Waals surface area contributed by atoms with E-state index in [1.54, 1.807) is 13.8 Å². The molecule has 1 aromatic rings. The van der Waals surface area contributed by atoms with Crippen LogP contribution in [0.25, 0.3) is 5.76 Å². The van der Waals surface area contributed by atoms with Gasteiger partial charge in [-0.3, -0.25) is 9.05 Å². The maximum absolute atomic E-state index is 12.4. The van der Waals surface area contributed by atoms with Gasteiger partial charge in [0.1, 0.15) is 5.76 Å². The SMILES string of the molecule is CCOP(=O)(OCC)OC1=CCCc2ccccc21. The number of allylic oxidation sites excluding steroid dienone is 1. The number of aryl methyl sites for hydroxylation is 1. The van der Waals surface area contributed by atoms with Gasteiger partial charge < -0.3 is 4.52 Å². The molecule has 104 valence electrons. The second-order valence-electron chi connectivity index (χ2n) is 4.14. The van der Waals surface area contributed by atoms with E-state index in [0.29, 0.717) is 5.76 Å². The Kier molecular flexibility index (Phi) is 4.81. The standard InChI is InChI=1S/C14H19O4P/c1-3-16-19(15,17-4-2)18-14-11-7-9-12-8-5-6-10-13(12)14/h5-6,8,10-11H,3-4,7,9H2,1-2H3. The van der Waals surface area contributed by atoms with E-state index in [1.165, 1.54) is 5.56 Å². The highest BCUT2D eigenvalue weighted by molar-refractivity contribution is 7.48. The Balaban J connectivity index is 2.22. The largest absolute Gasteiger partial charge is 0.530 e. The molecule has 0 spiro atoms. The Morgan fingerprint density at radius 3 is 2.53 bits per heavy atom. The normalized spacial score (nSPS) is 14.7. The highest BCUT2D eigenvalue weighted by Crippen LogP contribution is 2.53. The summed E-state index contributed by atoms with van der Waals surface area (Å²) in [7, 11) is -3.51. The van der Waals surface area contributed by atoms with Gasteiger partial charge in [0.05, 0.1) is 13.2 Å². The molecule has 1 aromatic carbocycles. The predicted octanol–water partition coefficient (Wildman–Crippen LogP) is 4.17. The van der Waals surface area contributed by atoms with E-state index >= 15 is 0 Å². The van der Waals surface area contributed by atoms with E-state index in [4.69, 9.17) is 13.6 Å². The van der Waals surface area contributed by atoms with Crippen molar-refractivity contribution in [1.29, 1.82) is 0 Å². The summed E-state index contributed by atoms with van der Waals surface area (Å²) >= 11 is 0. The fraction of sp³-hybridized carbons (Fsp3) is 0.429. The number of phosphoric ester groups is 1. The molecule has 1 aliphatic carbocycles. The number of rotatable bonds is 6. The molecule has 0 unspecified atom stereocenters. The highest BCUT2D eigenvalue weighted by atomic mass is 31.2. The van der Waals surface area contributed by atoms with Gasteiger partial charge >= 0.3 is 7.82 Å². The minimum absolute atomic E-state index is 0.284. The van der Waals surface area contributed by atoms with Crippen molar-refractivity contribution in [1.82, 2.24) is 0 Å². The van der Waals surface area contributed by atoms with Crippen LogP contribution >= 0.6 is 7.82 Å². The summed E-state index contributed by atoms with van der Waals surface area (Å²) in [5.41, 5.74) is 2.16. The number of hydrogen-bond donors (Lipinski definition) is 0. The lowest BCUT2D eigenvalue weighted by molar-refractivity contribution is 0.159. The van der Waals surface area contributed by atoms with Crippen LogP contribution in [-0.4, -0.2) is 13.2 Å². The van der Waals surface area contributed by atoms with Crippen molar-refractivity contribution in [2.45, 2.75) is 26.7 Å². The Morgan fingerprint density at radius 2 is 1.84 bits per heavy atom. The lowest BCUT2D eigenvalue weighted by Gasteiger charge is -2.22. The highest BCUT2D eigenvalue weighted by Gasteiger charge is 2.30. The third-order valence-corrected chi connectivity index (χ3v) is 4.38. The number of benzene rings is 1. The second-order valence-corrected chi connectivity index (χ2v) is 5.73. The summed E-state index contributed by atoms with van der Waals surface area (Å²) in [5.74, 6) is 0.590. The number of fused-ring (bicyclic) bond motifs is 1. The molecule has 0 radical (unpaired) electrons. The van der Waals surface area contributed by atoms with E-state index in [9.17, 15) is 4.57 Å². The van der Waals surface area contributed by atoms with Crippen molar-refractivity contribution in [2.75, 3.05) is 13.2 Å². The number of phosphoric acid groups is 1. The third kappa shape index (κ3) is 3.47. The van der Waals surface area contributed by atoms with Gasteiger partial charge in [0.15, 0.2) is 0 Å². The van der Waals surface area contributed by atoms with Crippen molar-refractivity contribution >= 4 is 13.6 Å². The molecule has 0 atom stereocenters. The Hall–Kier alpha value is -1.09. The van der Waals surface area contributed by atoms with Crippen LogP contribution < -0.4 is 0 Å². The maximum atomic E-state index is 12.4. The molecule has 0 N–H and O–H groups in total. The van der Waals surface area contributed by atoms with Crippen LogP contribution in [0.4, 0.5) is 0 Å². The molecular weight excluding hydrogens is 263 g/mol. The fourth-order valence-corrected chi connectivity index (χ4v) is 3.29. The first kappa shape index (κ1) is 14.3. The Morgan fingerprint density at radius 1 is 1.16 bits per heavy atom. The van der Waals surface area contributed by atoms with E-state index in [2.05, 4.69) is 6.07 Å². The van der Waals surface area contributed by atoms with Crippen LogP contribution in [0, 0.1) is 0 Å². The number of hydrogen-bond acceptors (Lipinski definition) is 4. The van der Waals surface area contributed by atoms with Crippen molar-refractivity contribution in [2.24, 2.45) is 0 Å². The van der Waals surface area contributed by atoms with Gasteiger partial charge in [-0.25, -0.2) is 4.57 Å². The molecule has 4 nitrogen and oxygen atoms in total. The van der Waals surface area contributed by atoms with Crippen molar-refractivity contribution < 1.29 is 18.1 Å². The first-order chi connectivity index (χ1) is 9.18. The smallest absolute Gasteiger partial charge is 0.404 e. The summed E-state index contributed by atoms with van der Waals surface area (Å²) < 4.78 is 28.3. The molecule has 5 heteroatoms. The molecule has 0 saturated heterocycles. The average Bonchev–Trinajstić information content (AvgIpc) is 2.39. The molecule has 0 bridgehead atoms. The van der Waals surface area contributed by atoms with E-state index in [0.717, 1.165) is 18.4 Å². The fourth-order valence-electron chi connectivity index (χ4n) is 2.06. The molecule has 0 saturated carbocycles. The zero-order valence-electron chi connectivity index (χ0n) is 11.3. The van der Waals surface area contributed by atoms with Crippen molar-refractivity contribution in [3.8, 4) is 0 Å². The molecule has 19 heavy (non-hydrogen) atoms. The van der Waals surface area contributed by atoms with Crippen LogP contribution in [-0.2, 0) is 24.6 Å². The predicted molar refractivity (Wildman–Crippen MR) is 74.7 cm³/mol. The lowest BCUT2D eigenvalue weighted by atomic mass is 9.96. The molecule has 0 heterocycles. The molecule has 0 aliphatic heterocycles. The summed E-state index contributed by atoms with van der Waals surface area (Å²) in [6, 6.07) is 7.95. The topological polar surface area (TPSA) is 44.8 Å². The minimum Gasteiger partial charge on any atom is -0.404 e. The molecule has 0 aromatic heterocycles.